The van der Waals surface area contributed by atoms with Crippen LogP contribution >= 0.6 is 0 Å². The lowest BCUT2D eigenvalue weighted by Crippen LogP contribution is -2.45. The molecule has 5 rings (SSSR count). The van der Waals surface area contributed by atoms with Gasteiger partial charge in [0.15, 0.2) is 11.5 Å². The number of imide groups is 1. The Morgan fingerprint density at radius 2 is 1.54 bits per heavy atom. The number of carbonyl (C=O) groups is 2. The third-order valence-corrected chi connectivity index (χ3v) is 7.23. The lowest BCUT2D eigenvalue weighted by atomic mass is 9.98. The number of benzene rings is 3. The highest BCUT2D eigenvalue weighted by molar-refractivity contribution is 6.34. The first kappa shape index (κ1) is 24.8. The van der Waals surface area contributed by atoms with Gasteiger partial charge in [-0.3, -0.25) is 14.5 Å². The molecule has 2 amide bonds. The number of fused-ring (bicyclic) bond motifs is 1. The Bertz CT molecular complexity index is 1280. The Morgan fingerprint density at radius 3 is 2.27 bits per heavy atom. The molecule has 0 saturated carbocycles. The molecule has 1 saturated heterocycles. The second-order valence-electron chi connectivity index (χ2n) is 9.62. The number of hydrogen-bond donors (Lipinski definition) is 0. The van der Waals surface area contributed by atoms with Crippen molar-refractivity contribution in [2.24, 2.45) is 0 Å². The summed E-state index contributed by atoms with van der Waals surface area (Å²) in [6.45, 7) is 5.90. The molecule has 2 heterocycles. The van der Waals surface area contributed by atoms with Crippen LogP contribution in [0.3, 0.4) is 0 Å². The molecule has 2 atom stereocenters. The molecule has 2 aliphatic rings. The lowest BCUT2D eigenvalue weighted by molar-refractivity contribution is 0.0846. The number of ether oxygens (including phenoxy) is 3. The lowest BCUT2D eigenvalue weighted by Gasteiger charge is -2.38. The summed E-state index contributed by atoms with van der Waals surface area (Å²) < 4.78 is 17.5. The summed E-state index contributed by atoms with van der Waals surface area (Å²) in [6.07, 6.45) is 3.69. The molecule has 3 aromatic carbocycles. The van der Waals surface area contributed by atoms with Gasteiger partial charge in [0.2, 0.25) is 0 Å². The predicted octanol–water partition coefficient (Wildman–Crippen LogP) is 5.93. The SMILES string of the molecule is COc1cc(N2C(=O)c3ccc(Oc4ccccc4)cc3C2=O)ccc1OCCN1[C@H](C)CCC[C@@H]1C. The van der Waals surface area contributed by atoms with Gasteiger partial charge in [-0.1, -0.05) is 24.6 Å². The van der Waals surface area contributed by atoms with Crippen LogP contribution in [0.25, 0.3) is 0 Å². The smallest absolute Gasteiger partial charge is 0.266 e. The summed E-state index contributed by atoms with van der Waals surface area (Å²) in [4.78, 5) is 30.1. The maximum absolute atomic E-state index is 13.3. The Hall–Kier alpha value is -3.84. The van der Waals surface area contributed by atoms with Crippen LogP contribution < -0.4 is 19.1 Å². The van der Waals surface area contributed by atoms with Crippen molar-refractivity contribution >= 4 is 17.5 Å². The number of piperidine rings is 1. The summed E-state index contributed by atoms with van der Waals surface area (Å²) in [7, 11) is 1.55. The molecule has 192 valence electrons. The normalized spacial score (nSPS) is 19.6. The van der Waals surface area contributed by atoms with E-state index in [1.54, 1.807) is 43.5 Å². The van der Waals surface area contributed by atoms with E-state index >= 15 is 0 Å². The van der Waals surface area contributed by atoms with E-state index in [-0.39, 0.29) is 5.91 Å². The third-order valence-electron chi connectivity index (χ3n) is 7.23. The fourth-order valence-electron chi connectivity index (χ4n) is 5.23. The van der Waals surface area contributed by atoms with Crippen LogP contribution in [0.5, 0.6) is 23.0 Å². The summed E-state index contributed by atoms with van der Waals surface area (Å²) in [5.74, 6) is 1.42. The molecular weight excluding hydrogens is 468 g/mol. The highest BCUT2D eigenvalue weighted by Gasteiger charge is 2.37. The Kier molecular flexibility index (Phi) is 7.15. The number of carbonyl (C=O) groups excluding carboxylic acids is 2. The van der Waals surface area contributed by atoms with E-state index < -0.39 is 5.91 Å². The van der Waals surface area contributed by atoms with Gasteiger partial charge in [0, 0.05) is 24.7 Å². The first-order valence-corrected chi connectivity index (χ1v) is 12.8. The maximum Gasteiger partial charge on any atom is 0.266 e. The number of hydrogen-bond acceptors (Lipinski definition) is 6. The van der Waals surface area contributed by atoms with Crippen LogP contribution in [0.15, 0.2) is 66.7 Å². The number of para-hydroxylation sites is 1. The second kappa shape index (κ2) is 10.6. The molecule has 0 spiro atoms. The van der Waals surface area contributed by atoms with Crippen LogP contribution in [0.2, 0.25) is 0 Å². The van der Waals surface area contributed by atoms with Crippen LogP contribution in [0.1, 0.15) is 53.8 Å². The summed E-state index contributed by atoms with van der Waals surface area (Å²) in [6, 6.07) is 20.5. The van der Waals surface area contributed by atoms with E-state index in [0.717, 1.165) is 6.54 Å². The molecule has 0 bridgehead atoms. The second-order valence-corrected chi connectivity index (χ2v) is 9.62. The predicted molar refractivity (Wildman–Crippen MR) is 142 cm³/mol. The van der Waals surface area contributed by atoms with Gasteiger partial charge in [-0.25, -0.2) is 4.90 Å². The molecule has 3 aromatic rings. The monoisotopic (exact) mass is 500 g/mol. The first-order chi connectivity index (χ1) is 18.0. The van der Waals surface area contributed by atoms with Gasteiger partial charge in [-0.2, -0.15) is 0 Å². The van der Waals surface area contributed by atoms with Gasteiger partial charge < -0.3 is 14.2 Å². The third kappa shape index (κ3) is 5.04. The van der Waals surface area contributed by atoms with Gasteiger partial charge in [-0.15, -0.1) is 0 Å². The highest BCUT2D eigenvalue weighted by atomic mass is 16.5. The zero-order valence-corrected chi connectivity index (χ0v) is 21.5. The number of anilines is 1. The van der Waals surface area contributed by atoms with Crippen LogP contribution in [-0.4, -0.2) is 49.1 Å². The van der Waals surface area contributed by atoms with Gasteiger partial charge in [-0.05, 0) is 69.2 Å². The molecule has 7 heteroatoms. The van der Waals surface area contributed by atoms with E-state index in [0.29, 0.717) is 58.5 Å². The van der Waals surface area contributed by atoms with Gasteiger partial charge in [0.1, 0.15) is 18.1 Å². The van der Waals surface area contributed by atoms with Crippen LogP contribution in [-0.2, 0) is 0 Å². The van der Waals surface area contributed by atoms with E-state index in [2.05, 4.69) is 18.7 Å². The van der Waals surface area contributed by atoms with Crippen molar-refractivity contribution in [3.05, 3.63) is 77.9 Å². The molecule has 7 nitrogen and oxygen atoms in total. The standard InChI is InChI=1S/C30H32N2O5/c1-20-8-7-9-21(2)31(20)16-17-36-27-15-12-22(18-28(27)35-3)32-29(33)25-14-13-24(19-26(25)30(32)34)37-23-10-5-4-6-11-23/h4-6,10-15,18-21H,7-9,16-17H2,1-3H3/t20-,21+. The molecule has 0 aromatic heterocycles. The van der Waals surface area contributed by atoms with Gasteiger partial charge in [0.05, 0.1) is 23.9 Å². The molecule has 2 aliphatic heterocycles. The topological polar surface area (TPSA) is 68.3 Å². The summed E-state index contributed by atoms with van der Waals surface area (Å²) >= 11 is 0. The van der Waals surface area contributed by atoms with E-state index in [9.17, 15) is 9.59 Å². The zero-order valence-electron chi connectivity index (χ0n) is 21.5. The van der Waals surface area contributed by atoms with E-state index in [4.69, 9.17) is 14.2 Å². The van der Waals surface area contributed by atoms with Gasteiger partial charge in [0.25, 0.3) is 11.8 Å². The van der Waals surface area contributed by atoms with Crippen molar-refractivity contribution in [1.29, 1.82) is 0 Å². The number of nitrogens with zero attached hydrogens (tertiary/aromatic N) is 2. The van der Waals surface area contributed by atoms with E-state index in [1.807, 2.05) is 30.3 Å². The van der Waals surface area contributed by atoms with Crippen molar-refractivity contribution in [3.8, 4) is 23.0 Å². The molecule has 0 radical (unpaired) electrons. The number of likely N-dealkylation sites (tertiary alicyclic amines) is 1. The number of methoxy groups -OCH3 is 1. The molecule has 1 fully saturated rings. The number of rotatable bonds is 8. The van der Waals surface area contributed by atoms with E-state index in [1.165, 1.54) is 24.2 Å². The molecule has 0 aliphatic carbocycles. The van der Waals surface area contributed by atoms with Crippen LogP contribution in [0.4, 0.5) is 5.69 Å². The quantitative estimate of drug-likeness (QED) is 0.357. The van der Waals surface area contributed by atoms with Crippen molar-refractivity contribution in [2.45, 2.75) is 45.2 Å². The zero-order chi connectivity index (χ0) is 25.9. The summed E-state index contributed by atoms with van der Waals surface area (Å²) in [5, 5.41) is 0. The minimum atomic E-state index is -0.401. The maximum atomic E-state index is 13.3. The minimum absolute atomic E-state index is 0.308. The minimum Gasteiger partial charge on any atom is -0.493 e. The average Bonchev–Trinajstić information content (AvgIpc) is 3.15. The fourth-order valence-corrected chi connectivity index (χ4v) is 5.23. The summed E-state index contributed by atoms with van der Waals surface area (Å²) in [5.41, 5.74) is 1.08. The Labute approximate surface area is 217 Å². The van der Waals surface area contributed by atoms with Crippen molar-refractivity contribution < 1.29 is 23.8 Å². The van der Waals surface area contributed by atoms with Crippen molar-refractivity contribution in [1.82, 2.24) is 4.90 Å². The van der Waals surface area contributed by atoms with Crippen molar-refractivity contribution in [2.75, 3.05) is 25.2 Å². The first-order valence-electron chi connectivity index (χ1n) is 12.8. The number of amides is 2. The molecule has 0 N–H and O–H groups in total. The Balaban J connectivity index is 1.30. The van der Waals surface area contributed by atoms with Gasteiger partial charge >= 0.3 is 0 Å². The van der Waals surface area contributed by atoms with Crippen LogP contribution in [0, 0.1) is 0 Å². The molecule has 0 unspecified atom stereocenters. The Morgan fingerprint density at radius 1 is 0.811 bits per heavy atom. The van der Waals surface area contributed by atoms with Crippen molar-refractivity contribution in [3.63, 3.8) is 0 Å². The molecule has 37 heavy (non-hydrogen) atoms. The average molecular weight is 501 g/mol. The molecular formula is C30H32N2O5. The largest absolute Gasteiger partial charge is 0.493 e. The fraction of sp³-hybridized carbons (Fsp3) is 0.333. The highest BCUT2D eigenvalue weighted by Crippen LogP contribution is 2.37.